The summed E-state index contributed by atoms with van der Waals surface area (Å²) in [5.74, 6) is -0.963. The third-order valence-electron chi connectivity index (χ3n) is 2.90. The summed E-state index contributed by atoms with van der Waals surface area (Å²) < 4.78 is 1.76. The van der Waals surface area contributed by atoms with Gasteiger partial charge < -0.3 is 10.0 Å². The predicted octanol–water partition coefficient (Wildman–Crippen LogP) is 1.52. The fourth-order valence-electron chi connectivity index (χ4n) is 2.14. The van der Waals surface area contributed by atoms with Crippen molar-refractivity contribution < 1.29 is 9.90 Å². The lowest BCUT2D eigenvalue weighted by Crippen LogP contribution is -2.16. The number of aryl methyl sites for hydroxylation is 2. The number of carboxylic acids is 1. The lowest BCUT2D eigenvalue weighted by Gasteiger charge is -2.18. The van der Waals surface area contributed by atoms with Crippen molar-refractivity contribution in [3.8, 4) is 0 Å². The van der Waals surface area contributed by atoms with Crippen molar-refractivity contribution in [1.82, 2.24) is 14.8 Å². The van der Waals surface area contributed by atoms with Crippen molar-refractivity contribution in [2.75, 3.05) is 19.0 Å². The SMILES string of the molecule is CCn1ncc2c(N(C)C)c(C(=O)O)c(C)nc21. The minimum absolute atomic E-state index is 0.239. The number of rotatable bonds is 3. The molecule has 2 rings (SSSR count). The summed E-state index contributed by atoms with van der Waals surface area (Å²) in [4.78, 5) is 17.5. The second-order valence-electron chi connectivity index (χ2n) is 4.32. The van der Waals surface area contributed by atoms with Crippen LogP contribution >= 0.6 is 0 Å². The van der Waals surface area contributed by atoms with Gasteiger partial charge >= 0.3 is 5.97 Å². The van der Waals surface area contributed by atoms with E-state index in [1.807, 2.05) is 21.0 Å². The van der Waals surface area contributed by atoms with Crippen LogP contribution in [0.25, 0.3) is 11.0 Å². The number of aromatic nitrogens is 3. The fourth-order valence-corrected chi connectivity index (χ4v) is 2.14. The van der Waals surface area contributed by atoms with E-state index in [0.717, 1.165) is 11.0 Å². The third kappa shape index (κ3) is 1.70. The monoisotopic (exact) mass is 248 g/mol. The van der Waals surface area contributed by atoms with Gasteiger partial charge in [0.1, 0.15) is 5.56 Å². The molecule has 0 amide bonds. The first-order chi connectivity index (χ1) is 8.47. The third-order valence-corrected chi connectivity index (χ3v) is 2.90. The van der Waals surface area contributed by atoms with Crippen molar-refractivity contribution in [3.05, 3.63) is 17.5 Å². The first-order valence-electron chi connectivity index (χ1n) is 5.74. The number of pyridine rings is 1. The van der Waals surface area contributed by atoms with Crippen LogP contribution in [0.2, 0.25) is 0 Å². The van der Waals surface area contributed by atoms with Crippen LogP contribution in [0.4, 0.5) is 5.69 Å². The summed E-state index contributed by atoms with van der Waals surface area (Å²) in [7, 11) is 3.65. The summed E-state index contributed by atoms with van der Waals surface area (Å²) in [6.45, 7) is 4.39. The zero-order valence-corrected chi connectivity index (χ0v) is 10.9. The Bertz CT molecular complexity index is 616. The molecule has 0 bridgehead atoms. The normalized spacial score (nSPS) is 10.9. The Balaban J connectivity index is 2.90. The Labute approximate surface area is 105 Å². The van der Waals surface area contributed by atoms with Gasteiger partial charge in [0.2, 0.25) is 0 Å². The predicted molar refractivity (Wildman–Crippen MR) is 69.2 cm³/mol. The summed E-state index contributed by atoms with van der Waals surface area (Å²) in [5, 5.41) is 14.3. The molecule has 0 spiro atoms. The van der Waals surface area contributed by atoms with E-state index >= 15 is 0 Å². The molecule has 0 aliphatic heterocycles. The van der Waals surface area contributed by atoms with E-state index in [9.17, 15) is 9.90 Å². The van der Waals surface area contributed by atoms with Gasteiger partial charge in [-0.2, -0.15) is 5.10 Å². The Hall–Kier alpha value is -2.11. The number of aromatic carboxylic acids is 1. The highest BCUT2D eigenvalue weighted by atomic mass is 16.4. The van der Waals surface area contributed by atoms with E-state index in [1.54, 1.807) is 22.7 Å². The summed E-state index contributed by atoms with van der Waals surface area (Å²) in [6, 6.07) is 0. The maximum Gasteiger partial charge on any atom is 0.339 e. The summed E-state index contributed by atoms with van der Waals surface area (Å²) in [5.41, 5.74) is 2.13. The fraction of sp³-hybridized carbons (Fsp3) is 0.417. The van der Waals surface area contributed by atoms with Crippen LogP contribution in [0, 0.1) is 6.92 Å². The largest absolute Gasteiger partial charge is 0.478 e. The summed E-state index contributed by atoms with van der Waals surface area (Å²) >= 11 is 0. The van der Waals surface area contributed by atoms with Crippen LogP contribution < -0.4 is 4.90 Å². The molecule has 2 aromatic rings. The zero-order chi connectivity index (χ0) is 13.4. The number of carboxylic acid groups (broad SMARTS) is 1. The average molecular weight is 248 g/mol. The smallest absolute Gasteiger partial charge is 0.339 e. The van der Waals surface area contributed by atoms with Crippen molar-refractivity contribution in [1.29, 1.82) is 0 Å². The number of carbonyl (C=O) groups is 1. The molecule has 0 saturated carbocycles. The molecule has 6 nitrogen and oxygen atoms in total. The molecule has 0 aliphatic carbocycles. The molecule has 0 radical (unpaired) electrons. The van der Waals surface area contributed by atoms with Gasteiger partial charge in [0, 0.05) is 20.6 Å². The van der Waals surface area contributed by atoms with Gasteiger partial charge in [0.15, 0.2) is 5.65 Å². The van der Waals surface area contributed by atoms with E-state index in [4.69, 9.17) is 0 Å². The lowest BCUT2D eigenvalue weighted by molar-refractivity contribution is 0.0696. The Morgan fingerprint density at radius 2 is 2.17 bits per heavy atom. The molecule has 96 valence electrons. The molecule has 6 heteroatoms. The number of nitrogens with zero attached hydrogens (tertiary/aromatic N) is 4. The van der Waals surface area contributed by atoms with Crippen LogP contribution in [-0.2, 0) is 6.54 Å². The highest BCUT2D eigenvalue weighted by molar-refractivity contribution is 6.04. The molecule has 0 fully saturated rings. The molecule has 2 heterocycles. The quantitative estimate of drug-likeness (QED) is 0.891. The molecule has 2 aromatic heterocycles. The van der Waals surface area contributed by atoms with Crippen molar-refractivity contribution in [2.24, 2.45) is 0 Å². The molecule has 0 aromatic carbocycles. The first-order valence-corrected chi connectivity index (χ1v) is 5.74. The number of hydrogen-bond donors (Lipinski definition) is 1. The first kappa shape index (κ1) is 12.3. The van der Waals surface area contributed by atoms with Gasteiger partial charge in [-0.05, 0) is 13.8 Å². The Kier molecular flexibility index (Phi) is 2.94. The minimum atomic E-state index is -0.963. The second-order valence-corrected chi connectivity index (χ2v) is 4.32. The Morgan fingerprint density at radius 3 is 2.67 bits per heavy atom. The van der Waals surface area contributed by atoms with Crippen molar-refractivity contribution in [2.45, 2.75) is 20.4 Å². The lowest BCUT2D eigenvalue weighted by atomic mass is 10.1. The molecule has 18 heavy (non-hydrogen) atoms. The number of anilines is 1. The van der Waals surface area contributed by atoms with E-state index in [0.29, 0.717) is 17.9 Å². The minimum Gasteiger partial charge on any atom is -0.478 e. The maximum atomic E-state index is 11.4. The van der Waals surface area contributed by atoms with Gasteiger partial charge in [-0.3, -0.25) is 0 Å². The van der Waals surface area contributed by atoms with Crippen molar-refractivity contribution in [3.63, 3.8) is 0 Å². The topological polar surface area (TPSA) is 71.2 Å². The van der Waals surface area contributed by atoms with Gasteiger partial charge in [0.25, 0.3) is 0 Å². The molecule has 0 unspecified atom stereocenters. The van der Waals surface area contributed by atoms with Crippen LogP contribution in [0.1, 0.15) is 23.0 Å². The van der Waals surface area contributed by atoms with Crippen LogP contribution in [0.15, 0.2) is 6.20 Å². The Morgan fingerprint density at radius 1 is 1.50 bits per heavy atom. The second kappa shape index (κ2) is 4.29. The number of fused-ring (bicyclic) bond motifs is 1. The molecular formula is C12H16N4O2. The highest BCUT2D eigenvalue weighted by Gasteiger charge is 2.21. The molecular weight excluding hydrogens is 232 g/mol. The molecule has 0 atom stereocenters. The molecule has 1 N–H and O–H groups in total. The molecule has 0 aliphatic rings. The maximum absolute atomic E-state index is 11.4. The van der Waals surface area contributed by atoms with E-state index in [1.165, 1.54) is 0 Å². The standard InChI is InChI=1S/C12H16N4O2/c1-5-16-11-8(6-13-16)10(15(3)4)9(12(17)18)7(2)14-11/h6H,5H2,1-4H3,(H,17,18). The zero-order valence-electron chi connectivity index (χ0n) is 10.9. The average Bonchev–Trinajstić information content (AvgIpc) is 2.68. The van der Waals surface area contributed by atoms with E-state index < -0.39 is 5.97 Å². The van der Waals surface area contributed by atoms with Crippen LogP contribution in [-0.4, -0.2) is 39.9 Å². The van der Waals surface area contributed by atoms with Crippen molar-refractivity contribution >= 4 is 22.7 Å². The van der Waals surface area contributed by atoms with Gasteiger partial charge in [-0.1, -0.05) is 0 Å². The van der Waals surface area contributed by atoms with Gasteiger partial charge in [-0.25, -0.2) is 14.5 Å². The van der Waals surface area contributed by atoms with Gasteiger partial charge in [0.05, 0.1) is 23.0 Å². The van der Waals surface area contributed by atoms with Crippen LogP contribution in [0.5, 0.6) is 0 Å². The number of hydrogen-bond acceptors (Lipinski definition) is 4. The summed E-state index contributed by atoms with van der Waals surface area (Å²) in [6.07, 6.45) is 1.67. The van der Waals surface area contributed by atoms with E-state index in [2.05, 4.69) is 10.1 Å². The molecule has 0 saturated heterocycles. The van der Waals surface area contributed by atoms with Gasteiger partial charge in [-0.15, -0.1) is 0 Å². The highest BCUT2D eigenvalue weighted by Crippen LogP contribution is 2.30. The van der Waals surface area contributed by atoms with Crippen LogP contribution in [0.3, 0.4) is 0 Å². The van der Waals surface area contributed by atoms with E-state index in [-0.39, 0.29) is 5.56 Å².